The highest BCUT2D eigenvalue weighted by Crippen LogP contribution is 2.21. The molecule has 0 radical (unpaired) electrons. The summed E-state index contributed by atoms with van der Waals surface area (Å²) in [7, 11) is 0. The molecule has 3 aromatic rings. The molecule has 24 heavy (non-hydrogen) atoms. The molecule has 2 aromatic carbocycles. The van der Waals surface area contributed by atoms with Gasteiger partial charge in [-0.25, -0.2) is 9.78 Å². The van der Waals surface area contributed by atoms with E-state index in [0.29, 0.717) is 5.56 Å². The maximum absolute atomic E-state index is 12.2. The molecule has 3 rings (SSSR count). The molecule has 0 aliphatic carbocycles. The van der Waals surface area contributed by atoms with Crippen molar-refractivity contribution in [3.05, 3.63) is 76.3 Å². The van der Waals surface area contributed by atoms with Crippen molar-refractivity contribution in [1.82, 2.24) is 4.98 Å². The van der Waals surface area contributed by atoms with Crippen molar-refractivity contribution < 1.29 is 9.53 Å². The number of anilines is 2. The molecule has 0 spiro atoms. The molecule has 0 saturated carbocycles. The van der Waals surface area contributed by atoms with Crippen molar-refractivity contribution in [2.75, 3.05) is 5.32 Å². The van der Waals surface area contributed by atoms with Crippen LogP contribution in [-0.4, -0.2) is 11.0 Å². The second kappa shape index (κ2) is 7.27. The van der Waals surface area contributed by atoms with Crippen LogP contribution in [0.1, 0.15) is 27.2 Å². The zero-order chi connectivity index (χ0) is 16.9. The van der Waals surface area contributed by atoms with Crippen LogP contribution < -0.4 is 5.32 Å². The van der Waals surface area contributed by atoms with E-state index in [9.17, 15) is 4.79 Å². The normalized spacial score (nSPS) is 10.4. The van der Waals surface area contributed by atoms with Crippen LogP contribution in [0.2, 0.25) is 0 Å². The summed E-state index contributed by atoms with van der Waals surface area (Å²) >= 11 is 1.48. The molecule has 0 bridgehead atoms. The van der Waals surface area contributed by atoms with Gasteiger partial charge in [-0.15, -0.1) is 11.3 Å². The zero-order valence-electron chi connectivity index (χ0n) is 13.6. The number of thiazole rings is 1. The fraction of sp³-hybridized carbons (Fsp3) is 0.158. The van der Waals surface area contributed by atoms with E-state index in [2.05, 4.69) is 10.3 Å². The number of hydrogen-bond donors (Lipinski definition) is 1. The van der Waals surface area contributed by atoms with Gasteiger partial charge < -0.3 is 10.1 Å². The summed E-state index contributed by atoms with van der Waals surface area (Å²) in [5, 5.41) is 5.89. The van der Waals surface area contributed by atoms with Gasteiger partial charge in [0.25, 0.3) is 0 Å². The molecule has 4 nitrogen and oxygen atoms in total. The Morgan fingerprint density at radius 1 is 1.12 bits per heavy atom. The first kappa shape index (κ1) is 16.2. The number of carbonyl (C=O) groups excluding carboxylic acids is 1. The minimum absolute atomic E-state index is 0.165. The fourth-order valence-corrected chi connectivity index (χ4v) is 3.11. The summed E-state index contributed by atoms with van der Waals surface area (Å²) in [6.45, 7) is 4.09. The molecular weight excluding hydrogens is 320 g/mol. The average Bonchev–Trinajstić information content (AvgIpc) is 3.00. The van der Waals surface area contributed by atoms with Gasteiger partial charge in [-0.2, -0.15) is 0 Å². The van der Waals surface area contributed by atoms with E-state index in [-0.39, 0.29) is 12.6 Å². The predicted octanol–water partition coefficient (Wildman–Crippen LogP) is 4.86. The topological polar surface area (TPSA) is 51.2 Å². The predicted molar refractivity (Wildman–Crippen MR) is 96.9 cm³/mol. The third-order valence-corrected chi connectivity index (χ3v) is 4.19. The molecule has 0 fully saturated rings. The summed E-state index contributed by atoms with van der Waals surface area (Å²) in [4.78, 5) is 16.6. The molecule has 1 aromatic heterocycles. The van der Waals surface area contributed by atoms with Crippen LogP contribution in [-0.2, 0) is 11.3 Å². The first-order chi connectivity index (χ1) is 11.6. The highest BCUT2D eigenvalue weighted by Gasteiger charge is 2.10. The van der Waals surface area contributed by atoms with Crippen LogP contribution in [0, 0.1) is 13.8 Å². The second-order valence-corrected chi connectivity index (χ2v) is 6.45. The smallest absolute Gasteiger partial charge is 0.338 e. The molecule has 0 aliphatic rings. The van der Waals surface area contributed by atoms with Gasteiger partial charge >= 0.3 is 5.97 Å². The van der Waals surface area contributed by atoms with Gasteiger partial charge in [0.15, 0.2) is 5.13 Å². The van der Waals surface area contributed by atoms with E-state index < -0.39 is 0 Å². The van der Waals surface area contributed by atoms with Gasteiger partial charge in [0.2, 0.25) is 0 Å². The highest BCUT2D eigenvalue weighted by molar-refractivity contribution is 7.13. The van der Waals surface area contributed by atoms with Crippen molar-refractivity contribution in [2.45, 2.75) is 20.5 Å². The standard InChI is InChI=1S/C19H18N2O2S/c1-13-8-14(2)10-15(9-13)18(22)23-11-17-12-24-19(21-17)20-16-6-4-3-5-7-16/h3-10,12H,11H2,1-2H3,(H,20,21). The Bertz CT molecular complexity index is 823. The third kappa shape index (κ3) is 4.20. The van der Waals surface area contributed by atoms with Crippen molar-refractivity contribution >= 4 is 28.1 Å². The maximum Gasteiger partial charge on any atom is 0.338 e. The number of para-hydroxylation sites is 1. The van der Waals surface area contributed by atoms with Gasteiger partial charge in [-0.3, -0.25) is 0 Å². The molecule has 5 heteroatoms. The molecule has 0 atom stereocenters. The Hall–Kier alpha value is -2.66. The van der Waals surface area contributed by atoms with Crippen LogP contribution in [0.3, 0.4) is 0 Å². The molecule has 0 saturated heterocycles. The number of carbonyl (C=O) groups is 1. The van der Waals surface area contributed by atoms with Crippen molar-refractivity contribution in [3.63, 3.8) is 0 Å². The first-order valence-electron chi connectivity index (χ1n) is 7.62. The molecule has 0 aliphatic heterocycles. The minimum atomic E-state index is -0.327. The van der Waals surface area contributed by atoms with Crippen LogP contribution in [0.25, 0.3) is 0 Å². The number of nitrogens with one attached hydrogen (secondary N) is 1. The maximum atomic E-state index is 12.2. The summed E-state index contributed by atoms with van der Waals surface area (Å²) in [6, 6.07) is 15.5. The number of aromatic nitrogens is 1. The molecule has 122 valence electrons. The number of benzene rings is 2. The van der Waals surface area contributed by atoms with Crippen molar-refractivity contribution in [3.8, 4) is 0 Å². The monoisotopic (exact) mass is 338 g/mol. The number of esters is 1. The molecule has 0 amide bonds. The lowest BCUT2D eigenvalue weighted by atomic mass is 10.1. The number of ether oxygens (including phenoxy) is 1. The minimum Gasteiger partial charge on any atom is -0.456 e. The van der Waals surface area contributed by atoms with Crippen LogP contribution >= 0.6 is 11.3 Å². The van der Waals surface area contributed by atoms with E-state index >= 15 is 0 Å². The third-order valence-electron chi connectivity index (χ3n) is 3.39. The van der Waals surface area contributed by atoms with E-state index in [1.54, 1.807) is 0 Å². The van der Waals surface area contributed by atoms with Gasteiger partial charge in [-0.1, -0.05) is 35.4 Å². The Kier molecular flexibility index (Phi) is 4.91. The molecule has 1 heterocycles. The Morgan fingerprint density at radius 3 is 2.54 bits per heavy atom. The highest BCUT2D eigenvalue weighted by atomic mass is 32.1. The Morgan fingerprint density at radius 2 is 1.83 bits per heavy atom. The lowest BCUT2D eigenvalue weighted by molar-refractivity contribution is 0.0468. The number of hydrogen-bond acceptors (Lipinski definition) is 5. The number of aryl methyl sites for hydroxylation is 2. The van der Waals surface area contributed by atoms with Crippen LogP contribution in [0.5, 0.6) is 0 Å². The van der Waals surface area contributed by atoms with Crippen LogP contribution in [0.15, 0.2) is 53.9 Å². The van der Waals surface area contributed by atoms with Crippen molar-refractivity contribution in [1.29, 1.82) is 0 Å². The molecule has 0 unspecified atom stereocenters. The van der Waals surface area contributed by atoms with Gasteiger partial charge in [0, 0.05) is 11.1 Å². The summed E-state index contributed by atoms with van der Waals surface area (Å²) < 4.78 is 5.37. The van der Waals surface area contributed by atoms with Gasteiger partial charge in [0.1, 0.15) is 6.61 Å². The lowest BCUT2D eigenvalue weighted by Crippen LogP contribution is -2.06. The lowest BCUT2D eigenvalue weighted by Gasteiger charge is -2.05. The molecule has 1 N–H and O–H groups in total. The van der Waals surface area contributed by atoms with Gasteiger partial charge in [-0.05, 0) is 38.1 Å². The largest absolute Gasteiger partial charge is 0.456 e. The quantitative estimate of drug-likeness (QED) is 0.675. The van der Waals surface area contributed by atoms with Crippen molar-refractivity contribution in [2.24, 2.45) is 0 Å². The first-order valence-corrected chi connectivity index (χ1v) is 8.50. The summed E-state index contributed by atoms with van der Waals surface area (Å²) in [5.41, 5.74) is 4.38. The summed E-state index contributed by atoms with van der Waals surface area (Å²) in [6.07, 6.45) is 0. The van der Waals surface area contributed by atoms with E-state index in [1.807, 2.05) is 67.8 Å². The van der Waals surface area contributed by atoms with E-state index in [1.165, 1.54) is 11.3 Å². The van der Waals surface area contributed by atoms with Gasteiger partial charge in [0.05, 0.1) is 11.3 Å². The fourth-order valence-electron chi connectivity index (χ4n) is 2.39. The zero-order valence-corrected chi connectivity index (χ0v) is 14.4. The SMILES string of the molecule is Cc1cc(C)cc(C(=O)OCc2csc(Nc3ccccc3)n2)c1. The number of rotatable bonds is 5. The molecular formula is C19H18N2O2S. The van der Waals surface area contributed by atoms with E-state index in [4.69, 9.17) is 4.74 Å². The van der Waals surface area contributed by atoms with Crippen LogP contribution in [0.4, 0.5) is 10.8 Å². The number of nitrogens with zero attached hydrogens (tertiary/aromatic N) is 1. The second-order valence-electron chi connectivity index (χ2n) is 5.59. The van der Waals surface area contributed by atoms with E-state index in [0.717, 1.165) is 27.6 Å². The average molecular weight is 338 g/mol. The Balaban J connectivity index is 1.60. The summed E-state index contributed by atoms with van der Waals surface area (Å²) in [5.74, 6) is -0.327. The Labute approximate surface area is 145 Å².